The largest absolute Gasteiger partial charge is 0.421 e. The van der Waals surface area contributed by atoms with Gasteiger partial charge >= 0.3 is 6.18 Å². The zero-order valence-electron chi connectivity index (χ0n) is 16.0. The minimum atomic E-state index is -4.82. The van der Waals surface area contributed by atoms with Crippen LogP contribution in [0.5, 0.6) is 0 Å². The lowest BCUT2D eigenvalue weighted by Gasteiger charge is -2.41. The van der Waals surface area contributed by atoms with Crippen molar-refractivity contribution in [2.24, 2.45) is 0 Å². The molecule has 0 spiro atoms. The van der Waals surface area contributed by atoms with E-state index in [4.69, 9.17) is 0 Å². The number of rotatable bonds is 5. The summed E-state index contributed by atoms with van der Waals surface area (Å²) in [5.41, 5.74) is -2.72. The number of alkyl halides is 3. The summed E-state index contributed by atoms with van der Waals surface area (Å²) in [7, 11) is -3.66. The third kappa shape index (κ3) is 4.18. The number of anilines is 1. The van der Waals surface area contributed by atoms with Crippen molar-refractivity contribution in [1.29, 1.82) is 5.26 Å². The minimum Gasteiger partial charge on any atom is -0.376 e. The van der Waals surface area contributed by atoms with Crippen LogP contribution in [0.15, 0.2) is 46.0 Å². The fourth-order valence-corrected chi connectivity index (χ4v) is 5.96. The number of nitriles is 1. The molecule has 0 bridgehead atoms. The third-order valence-corrected chi connectivity index (χ3v) is 8.41. The van der Waals surface area contributed by atoms with Crippen molar-refractivity contribution in [1.82, 2.24) is 4.31 Å². The van der Waals surface area contributed by atoms with E-state index >= 15 is 0 Å². The highest BCUT2D eigenvalue weighted by Gasteiger charge is 2.51. The molecule has 1 fully saturated rings. The molecule has 1 aromatic carbocycles. The van der Waals surface area contributed by atoms with Crippen molar-refractivity contribution in [3.63, 3.8) is 0 Å². The summed E-state index contributed by atoms with van der Waals surface area (Å²) in [4.78, 5) is 1.82. The molecule has 0 radical (unpaired) electrons. The summed E-state index contributed by atoms with van der Waals surface area (Å²) in [5.74, 6) is 0. The second-order valence-electron chi connectivity index (χ2n) is 7.12. The maximum atomic E-state index is 13.1. The van der Waals surface area contributed by atoms with Gasteiger partial charge in [0.15, 0.2) is 5.60 Å². The van der Waals surface area contributed by atoms with Crippen molar-refractivity contribution in [3.05, 3.63) is 47.3 Å². The molecule has 2 aromatic rings. The van der Waals surface area contributed by atoms with Gasteiger partial charge in [0.25, 0.3) is 10.0 Å². The molecular formula is C19H20F3N3O3S2. The Morgan fingerprint density at radius 2 is 1.90 bits per heavy atom. The zero-order valence-corrected chi connectivity index (χ0v) is 17.6. The van der Waals surface area contributed by atoms with Gasteiger partial charge in [0.05, 0.1) is 18.5 Å². The summed E-state index contributed by atoms with van der Waals surface area (Å²) in [6.45, 7) is 1.25. The van der Waals surface area contributed by atoms with E-state index in [-0.39, 0.29) is 35.8 Å². The van der Waals surface area contributed by atoms with Crippen molar-refractivity contribution >= 4 is 27.0 Å². The van der Waals surface area contributed by atoms with E-state index in [1.54, 1.807) is 11.4 Å². The molecule has 1 saturated heterocycles. The van der Waals surface area contributed by atoms with Crippen LogP contribution in [0.2, 0.25) is 0 Å². The molecular weight excluding hydrogens is 439 g/mol. The number of aliphatic hydroxyl groups is 1. The molecule has 30 heavy (non-hydrogen) atoms. The van der Waals surface area contributed by atoms with Gasteiger partial charge in [-0.15, -0.1) is 11.3 Å². The highest BCUT2D eigenvalue weighted by Crippen LogP contribution is 2.39. The number of thiophene rings is 1. The Hall–Kier alpha value is -2.13. The lowest BCUT2D eigenvalue weighted by atomic mass is 9.95. The van der Waals surface area contributed by atoms with Crippen LogP contribution in [0.25, 0.3) is 0 Å². The first-order valence-electron chi connectivity index (χ1n) is 9.05. The van der Waals surface area contributed by atoms with Gasteiger partial charge in [0, 0.05) is 25.3 Å². The molecule has 0 amide bonds. The van der Waals surface area contributed by atoms with Gasteiger partial charge in [0.1, 0.15) is 4.21 Å². The van der Waals surface area contributed by atoms with Gasteiger partial charge in [-0.25, -0.2) is 8.42 Å². The molecule has 3 rings (SSSR count). The fourth-order valence-electron chi connectivity index (χ4n) is 3.34. The van der Waals surface area contributed by atoms with Crippen LogP contribution in [0.3, 0.4) is 0 Å². The normalized spacial score (nSPS) is 20.5. The van der Waals surface area contributed by atoms with E-state index in [0.717, 1.165) is 11.3 Å². The third-order valence-electron chi connectivity index (χ3n) is 5.17. The predicted molar refractivity (Wildman–Crippen MR) is 107 cm³/mol. The van der Waals surface area contributed by atoms with E-state index in [1.807, 2.05) is 4.90 Å². The molecule has 2 heterocycles. The highest BCUT2D eigenvalue weighted by molar-refractivity contribution is 7.91. The molecule has 1 aliphatic heterocycles. The fraction of sp³-hybridized carbons (Fsp3) is 0.421. The predicted octanol–water partition coefficient (Wildman–Crippen LogP) is 3.31. The van der Waals surface area contributed by atoms with Gasteiger partial charge in [0.2, 0.25) is 0 Å². The number of benzene rings is 1. The Morgan fingerprint density at radius 1 is 1.23 bits per heavy atom. The van der Waals surface area contributed by atoms with E-state index in [0.29, 0.717) is 12.6 Å². The van der Waals surface area contributed by atoms with Crippen molar-refractivity contribution in [3.8, 4) is 6.07 Å². The van der Waals surface area contributed by atoms with Gasteiger partial charge in [-0.1, -0.05) is 18.2 Å². The second-order valence-corrected chi connectivity index (χ2v) is 10.2. The summed E-state index contributed by atoms with van der Waals surface area (Å²) in [6, 6.07) is 10.1. The van der Waals surface area contributed by atoms with E-state index in [9.17, 15) is 32.0 Å². The zero-order chi connectivity index (χ0) is 22.2. The SMILES string of the molecule is C[C@@](O)(c1ccc(N2CCN(S(=O)(=O)c3cccs3)C[C@@H]2CC#N)cc1)C(F)(F)F. The molecule has 2 atom stereocenters. The standard InChI is InChI=1S/C19H20F3N3O3S2/c1-18(26,19(20,21)22)14-4-6-15(7-5-14)25-11-10-24(13-16(25)8-9-23)30(27,28)17-3-2-12-29-17/h2-7,12,16,26H,8,10-11,13H2,1H3/t16-,18+/m0/s1. The lowest BCUT2D eigenvalue weighted by molar-refractivity contribution is -0.258. The summed E-state index contributed by atoms with van der Waals surface area (Å²) < 4.78 is 66.3. The Bertz CT molecular complexity index is 1010. The smallest absolute Gasteiger partial charge is 0.376 e. The molecule has 1 aliphatic rings. The molecule has 6 nitrogen and oxygen atoms in total. The first-order chi connectivity index (χ1) is 14.0. The first-order valence-corrected chi connectivity index (χ1v) is 11.4. The van der Waals surface area contributed by atoms with Crippen LogP contribution in [0, 0.1) is 11.3 Å². The van der Waals surface area contributed by atoms with Crippen LogP contribution in [0.4, 0.5) is 18.9 Å². The number of halogens is 3. The summed E-state index contributed by atoms with van der Waals surface area (Å²) in [5, 5.41) is 20.7. The van der Waals surface area contributed by atoms with Crippen LogP contribution < -0.4 is 4.90 Å². The Morgan fingerprint density at radius 3 is 2.43 bits per heavy atom. The number of hydrogen-bond acceptors (Lipinski definition) is 6. The molecule has 0 unspecified atom stereocenters. The molecule has 1 aromatic heterocycles. The highest BCUT2D eigenvalue weighted by atomic mass is 32.2. The molecule has 11 heteroatoms. The van der Waals surface area contributed by atoms with Crippen molar-refractivity contribution < 1.29 is 26.7 Å². The number of piperazine rings is 1. The number of hydrogen-bond donors (Lipinski definition) is 1. The topological polar surface area (TPSA) is 84.6 Å². The minimum absolute atomic E-state index is 0.0540. The summed E-state index contributed by atoms with van der Waals surface area (Å²) in [6.07, 6.45) is -4.77. The maximum absolute atomic E-state index is 13.1. The average Bonchev–Trinajstić information content (AvgIpc) is 3.23. The van der Waals surface area contributed by atoms with Gasteiger partial charge < -0.3 is 10.0 Å². The molecule has 0 saturated carbocycles. The lowest BCUT2D eigenvalue weighted by Crippen LogP contribution is -2.54. The van der Waals surface area contributed by atoms with Crippen molar-refractivity contribution in [2.75, 3.05) is 24.5 Å². The monoisotopic (exact) mass is 459 g/mol. The molecule has 0 aliphatic carbocycles. The van der Waals surface area contributed by atoms with Crippen LogP contribution in [0.1, 0.15) is 18.9 Å². The maximum Gasteiger partial charge on any atom is 0.421 e. The Labute approximate surface area is 176 Å². The van der Waals surface area contributed by atoms with E-state index in [2.05, 4.69) is 6.07 Å². The van der Waals surface area contributed by atoms with Crippen molar-refractivity contribution in [2.45, 2.75) is 35.4 Å². The average molecular weight is 460 g/mol. The summed E-state index contributed by atoms with van der Waals surface area (Å²) >= 11 is 1.12. The van der Waals surface area contributed by atoms with Gasteiger partial charge in [-0.3, -0.25) is 0 Å². The van der Waals surface area contributed by atoms with Crippen LogP contribution >= 0.6 is 11.3 Å². The molecule has 1 N–H and O–H groups in total. The van der Waals surface area contributed by atoms with Crippen LogP contribution in [-0.2, 0) is 15.6 Å². The first kappa shape index (κ1) is 22.6. The van der Waals surface area contributed by atoms with E-state index in [1.165, 1.54) is 34.6 Å². The number of sulfonamides is 1. The quantitative estimate of drug-likeness (QED) is 0.742. The molecule has 162 valence electrons. The van der Waals surface area contributed by atoms with E-state index < -0.39 is 27.8 Å². The number of nitrogens with zero attached hydrogens (tertiary/aromatic N) is 3. The second kappa shape index (κ2) is 8.19. The van der Waals surface area contributed by atoms with Gasteiger partial charge in [-0.2, -0.15) is 22.7 Å². The Kier molecular flexibility index (Phi) is 6.15. The van der Waals surface area contributed by atoms with Gasteiger partial charge in [-0.05, 0) is 36.1 Å². The van der Waals surface area contributed by atoms with Crippen LogP contribution in [-0.4, -0.2) is 49.7 Å². The Balaban J connectivity index is 1.83.